The van der Waals surface area contributed by atoms with Crippen LogP contribution in [0.2, 0.25) is 0 Å². The zero-order valence-corrected chi connectivity index (χ0v) is 13.9. The van der Waals surface area contributed by atoms with E-state index in [4.69, 9.17) is 0 Å². The molecule has 22 heavy (non-hydrogen) atoms. The molecule has 0 aliphatic carbocycles. The second-order valence-electron chi connectivity index (χ2n) is 5.77. The van der Waals surface area contributed by atoms with Gasteiger partial charge in [0.05, 0.1) is 18.0 Å². The molecule has 0 bridgehead atoms. The van der Waals surface area contributed by atoms with E-state index < -0.39 is 0 Å². The van der Waals surface area contributed by atoms with E-state index in [2.05, 4.69) is 55.3 Å². The monoisotopic (exact) mass is 301 g/mol. The van der Waals surface area contributed by atoms with Gasteiger partial charge in [-0.15, -0.1) is 5.10 Å². The lowest BCUT2D eigenvalue weighted by Crippen LogP contribution is -2.09. The van der Waals surface area contributed by atoms with Crippen molar-refractivity contribution >= 4 is 0 Å². The van der Waals surface area contributed by atoms with Crippen molar-refractivity contribution < 1.29 is 5.11 Å². The maximum absolute atomic E-state index is 9.54. The molecule has 1 heterocycles. The highest BCUT2D eigenvalue weighted by atomic mass is 16.3. The molecule has 0 unspecified atom stereocenters. The molecule has 1 aromatic heterocycles. The normalized spacial score (nSPS) is 11.3. The van der Waals surface area contributed by atoms with Crippen LogP contribution >= 0.6 is 0 Å². The summed E-state index contributed by atoms with van der Waals surface area (Å²) in [5, 5.41) is 18.0. The van der Waals surface area contributed by atoms with Gasteiger partial charge in [-0.3, -0.25) is 0 Å². The molecule has 0 spiro atoms. The van der Waals surface area contributed by atoms with Crippen LogP contribution < -0.4 is 0 Å². The first kappa shape index (κ1) is 16.7. The molecular formula is C18H27N3O. The number of aryl methyl sites for hydroxylation is 1. The molecule has 0 atom stereocenters. The number of nitrogens with zero attached hydrogens (tertiary/aromatic N) is 3. The number of aromatic nitrogens is 3. The van der Waals surface area contributed by atoms with Crippen LogP contribution in [0, 0.1) is 0 Å². The van der Waals surface area contributed by atoms with E-state index in [1.807, 2.05) is 4.68 Å². The Bertz CT molecular complexity index is 571. The SMILES string of the molecule is CCCCc1ccc(-n2nnc(CO)c2C(CC)CC)cc1. The first-order valence-corrected chi connectivity index (χ1v) is 8.39. The summed E-state index contributed by atoms with van der Waals surface area (Å²) in [6.45, 7) is 6.49. The minimum absolute atomic E-state index is 0.0551. The Kier molecular flexibility index (Phi) is 6.13. The molecule has 0 aliphatic rings. The van der Waals surface area contributed by atoms with E-state index in [9.17, 15) is 5.11 Å². The van der Waals surface area contributed by atoms with Gasteiger partial charge in [-0.25, -0.2) is 4.68 Å². The van der Waals surface area contributed by atoms with Crippen LogP contribution in [0.5, 0.6) is 0 Å². The Balaban J connectivity index is 2.33. The van der Waals surface area contributed by atoms with E-state index in [0.717, 1.165) is 30.6 Å². The smallest absolute Gasteiger partial charge is 0.112 e. The summed E-state index contributed by atoms with van der Waals surface area (Å²) < 4.78 is 1.90. The maximum Gasteiger partial charge on any atom is 0.112 e. The average Bonchev–Trinajstić information content (AvgIpc) is 2.98. The van der Waals surface area contributed by atoms with Gasteiger partial charge in [0, 0.05) is 5.92 Å². The van der Waals surface area contributed by atoms with Crippen molar-refractivity contribution in [2.24, 2.45) is 0 Å². The van der Waals surface area contributed by atoms with Crippen LogP contribution in [0.15, 0.2) is 24.3 Å². The fourth-order valence-corrected chi connectivity index (χ4v) is 2.89. The Hall–Kier alpha value is -1.68. The molecular weight excluding hydrogens is 274 g/mol. The summed E-state index contributed by atoms with van der Waals surface area (Å²) in [4.78, 5) is 0. The van der Waals surface area contributed by atoms with Gasteiger partial charge in [-0.1, -0.05) is 44.5 Å². The number of rotatable bonds is 8. The molecule has 120 valence electrons. The lowest BCUT2D eigenvalue weighted by molar-refractivity contribution is 0.274. The highest BCUT2D eigenvalue weighted by molar-refractivity contribution is 5.37. The number of hydrogen-bond acceptors (Lipinski definition) is 3. The van der Waals surface area contributed by atoms with Gasteiger partial charge in [0.2, 0.25) is 0 Å². The predicted molar refractivity (Wildman–Crippen MR) is 89.2 cm³/mol. The lowest BCUT2D eigenvalue weighted by Gasteiger charge is -2.16. The van der Waals surface area contributed by atoms with Crippen LogP contribution in [0.1, 0.15) is 69.3 Å². The Morgan fingerprint density at radius 2 is 1.77 bits per heavy atom. The van der Waals surface area contributed by atoms with Crippen LogP contribution in [-0.2, 0) is 13.0 Å². The van der Waals surface area contributed by atoms with Gasteiger partial charge in [0.25, 0.3) is 0 Å². The number of hydrogen-bond donors (Lipinski definition) is 1. The first-order chi connectivity index (χ1) is 10.7. The van der Waals surface area contributed by atoms with Gasteiger partial charge >= 0.3 is 0 Å². The third-order valence-corrected chi connectivity index (χ3v) is 4.30. The standard InChI is InChI=1S/C18H27N3O/c1-4-7-8-14-9-11-16(12-10-14)21-18(15(5-2)6-3)17(13-22)19-20-21/h9-12,15,22H,4-8,13H2,1-3H3. The van der Waals surface area contributed by atoms with Gasteiger partial charge in [0.15, 0.2) is 0 Å². The quantitative estimate of drug-likeness (QED) is 0.801. The van der Waals surface area contributed by atoms with Crippen molar-refractivity contribution in [1.29, 1.82) is 0 Å². The zero-order chi connectivity index (χ0) is 15.9. The van der Waals surface area contributed by atoms with E-state index in [1.165, 1.54) is 18.4 Å². The zero-order valence-electron chi connectivity index (χ0n) is 13.9. The van der Waals surface area contributed by atoms with Crippen molar-refractivity contribution in [1.82, 2.24) is 15.0 Å². The highest BCUT2D eigenvalue weighted by Gasteiger charge is 2.20. The summed E-state index contributed by atoms with van der Waals surface area (Å²) in [7, 11) is 0. The second-order valence-corrected chi connectivity index (χ2v) is 5.77. The molecule has 1 N–H and O–H groups in total. The number of aliphatic hydroxyl groups is 1. The number of unbranched alkanes of at least 4 members (excludes halogenated alkanes) is 1. The summed E-state index contributed by atoms with van der Waals surface area (Å²) >= 11 is 0. The third-order valence-electron chi connectivity index (χ3n) is 4.30. The fourth-order valence-electron chi connectivity index (χ4n) is 2.89. The van der Waals surface area contributed by atoms with Gasteiger partial charge < -0.3 is 5.11 Å². The van der Waals surface area contributed by atoms with Crippen LogP contribution in [0.3, 0.4) is 0 Å². The molecule has 0 saturated carbocycles. The molecule has 0 amide bonds. The number of benzene rings is 1. The van der Waals surface area contributed by atoms with Gasteiger partial charge in [-0.2, -0.15) is 0 Å². The Labute approximate surface area is 133 Å². The highest BCUT2D eigenvalue weighted by Crippen LogP contribution is 2.27. The van der Waals surface area contributed by atoms with Crippen molar-refractivity contribution in [3.8, 4) is 5.69 Å². The van der Waals surface area contributed by atoms with Crippen molar-refractivity contribution in [2.45, 2.75) is 65.4 Å². The summed E-state index contributed by atoms with van der Waals surface area (Å²) in [5.74, 6) is 0.372. The third kappa shape index (κ3) is 3.55. The molecule has 0 fully saturated rings. The Morgan fingerprint density at radius 1 is 1.09 bits per heavy atom. The van der Waals surface area contributed by atoms with Crippen molar-refractivity contribution in [2.75, 3.05) is 0 Å². The van der Waals surface area contributed by atoms with Gasteiger partial charge in [-0.05, 0) is 43.4 Å². The minimum atomic E-state index is -0.0551. The molecule has 0 saturated heterocycles. The van der Waals surface area contributed by atoms with E-state index in [-0.39, 0.29) is 6.61 Å². The van der Waals surface area contributed by atoms with Crippen LogP contribution in [-0.4, -0.2) is 20.1 Å². The van der Waals surface area contributed by atoms with Crippen LogP contribution in [0.25, 0.3) is 5.69 Å². The van der Waals surface area contributed by atoms with Gasteiger partial charge in [0.1, 0.15) is 5.69 Å². The molecule has 0 radical (unpaired) electrons. The predicted octanol–water partition coefficient (Wildman–Crippen LogP) is 4.01. The molecule has 2 aromatic rings. The number of aliphatic hydroxyl groups excluding tert-OH is 1. The first-order valence-electron chi connectivity index (χ1n) is 8.39. The van der Waals surface area contributed by atoms with Crippen molar-refractivity contribution in [3.63, 3.8) is 0 Å². The Morgan fingerprint density at radius 3 is 2.32 bits per heavy atom. The topological polar surface area (TPSA) is 50.9 Å². The average molecular weight is 301 g/mol. The molecule has 4 nitrogen and oxygen atoms in total. The largest absolute Gasteiger partial charge is 0.390 e. The summed E-state index contributed by atoms with van der Waals surface area (Å²) in [5.41, 5.74) is 4.13. The molecule has 4 heteroatoms. The van der Waals surface area contributed by atoms with Crippen molar-refractivity contribution in [3.05, 3.63) is 41.2 Å². The molecule has 0 aliphatic heterocycles. The maximum atomic E-state index is 9.54. The second kappa shape index (κ2) is 8.08. The molecule has 2 rings (SSSR count). The minimum Gasteiger partial charge on any atom is -0.390 e. The fraction of sp³-hybridized carbons (Fsp3) is 0.556. The molecule has 1 aromatic carbocycles. The summed E-state index contributed by atoms with van der Waals surface area (Å²) in [6.07, 6.45) is 5.59. The van der Waals surface area contributed by atoms with Crippen LogP contribution in [0.4, 0.5) is 0 Å². The van der Waals surface area contributed by atoms with E-state index in [1.54, 1.807) is 0 Å². The van der Waals surface area contributed by atoms with E-state index >= 15 is 0 Å². The summed E-state index contributed by atoms with van der Waals surface area (Å²) in [6, 6.07) is 8.54. The lowest BCUT2D eigenvalue weighted by atomic mass is 9.97. The van der Waals surface area contributed by atoms with E-state index in [0.29, 0.717) is 11.6 Å².